The van der Waals surface area contributed by atoms with Crippen molar-refractivity contribution in [1.82, 2.24) is 10.3 Å². The summed E-state index contributed by atoms with van der Waals surface area (Å²) in [5, 5.41) is 0.290. The van der Waals surface area contributed by atoms with E-state index in [1.165, 1.54) is 42.5 Å². The summed E-state index contributed by atoms with van der Waals surface area (Å²) in [6.07, 6.45) is -0.107. The maximum Gasteiger partial charge on any atom is 0.257 e. The van der Waals surface area contributed by atoms with Gasteiger partial charge in [0.25, 0.3) is 10.0 Å². The van der Waals surface area contributed by atoms with Crippen LogP contribution in [0.25, 0.3) is 0 Å². The van der Waals surface area contributed by atoms with Crippen molar-refractivity contribution in [1.29, 1.82) is 0 Å². The van der Waals surface area contributed by atoms with Gasteiger partial charge in [0.1, 0.15) is 5.82 Å². The van der Waals surface area contributed by atoms with E-state index in [1.807, 2.05) is 4.83 Å². The number of hydrogen-bond donors (Lipinski definition) is 2. The molecule has 0 aromatic heterocycles. The smallest absolute Gasteiger partial charge is 0.257 e. The predicted octanol–water partition coefficient (Wildman–Crippen LogP) is 2.68. The number of carbonyl (C=O) groups excluding carboxylic acids is 1. The van der Waals surface area contributed by atoms with E-state index in [2.05, 4.69) is 5.43 Å². The van der Waals surface area contributed by atoms with E-state index in [4.69, 9.17) is 23.2 Å². The van der Waals surface area contributed by atoms with E-state index in [0.717, 1.165) is 0 Å². The molecule has 0 aliphatic carbocycles. The molecular formula is C14H11Cl2FN2O3S. The number of hydrogen-bond acceptors (Lipinski definition) is 3. The number of amides is 1. The van der Waals surface area contributed by atoms with E-state index < -0.39 is 21.7 Å². The minimum Gasteiger partial charge on any atom is -0.277 e. The molecule has 0 saturated heterocycles. The van der Waals surface area contributed by atoms with Crippen LogP contribution in [-0.4, -0.2) is 14.3 Å². The van der Waals surface area contributed by atoms with Crippen LogP contribution in [0.2, 0.25) is 10.0 Å². The first-order valence-electron chi connectivity index (χ1n) is 6.28. The maximum absolute atomic E-state index is 12.8. The average Bonchev–Trinajstić information content (AvgIpc) is 2.50. The van der Waals surface area contributed by atoms with E-state index in [0.29, 0.717) is 5.56 Å². The molecule has 122 valence electrons. The number of benzene rings is 2. The molecule has 1 amide bonds. The molecule has 5 nitrogen and oxygen atoms in total. The van der Waals surface area contributed by atoms with Crippen molar-refractivity contribution in [3.8, 4) is 0 Å². The van der Waals surface area contributed by atoms with Gasteiger partial charge >= 0.3 is 0 Å². The third-order valence-corrected chi connectivity index (χ3v) is 4.79. The third-order valence-electron chi connectivity index (χ3n) is 2.80. The summed E-state index contributed by atoms with van der Waals surface area (Å²) >= 11 is 11.5. The highest BCUT2D eigenvalue weighted by Crippen LogP contribution is 2.24. The highest BCUT2D eigenvalue weighted by atomic mass is 35.5. The Kier molecular flexibility index (Phi) is 5.59. The molecule has 0 atom stereocenters. The molecule has 2 aromatic carbocycles. The molecule has 23 heavy (non-hydrogen) atoms. The molecular weight excluding hydrogens is 366 g/mol. The molecule has 0 saturated carbocycles. The first-order chi connectivity index (χ1) is 10.8. The summed E-state index contributed by atoms with van der Waals surface area (Å²) < 4.78 is 36.8. The zero-order chi connectivity index (χ0) is 17.0. The summed E-state index contributed by atoms with van der Waals surface area (Å²) in [5.41, 5.74) is 2.61. The normalized spacial score (nSPS) is 11.3. The van der Waals surface area contributed by atoms with Crippen molar-refractivity contribution >= 4 is 39.1 Å². The summed E-state index contributed by atoms with van der Waals surface area (Å²) in [6, 6.07) is 9.04. The molecule has 2 N–H and O–H groups in total. The van der Waals surface area contributed by atoms with E-state index in [9.17, 15) is 17.6 Å². The summed E-state index contributed by atoms with van der Waals surface area (Å²) in [5.74, 6) is -1.02. The van der Waals surface area contributed by atoms with Crippen LogP contribution in [0.15, 0.2) is 47.4 Å². The van der Waals surface area contributed by atoms with Gasteiger partial charge in [0.15, 0.2) is 0 Å². The molecule has 0 bridgehead atoms. The number of halogens is 3. The lowest BCUT2D eigenvalue weighted by Crippen LogP contribution is -2.42. The Balaban J connectivity index is 1.99. The summed E-state index contributed by atoms with van der Waals surface area (Å²) in [6.45, 7) is 0. The van der Waals surface area contributed by atoms with E-state index in [1.54, 1.807) is 0 Å². The second-order valence-electron chi connectivity index (χ2n) is 4.53. The van der Waals surface area contributed by atoms with Gasteiger partial charge in [-0.25, -0.2) is 12.8 Å². The molecule has 0 spiro atoms. The fraction of sp³-hybridized carbons (Fsp3) is 0.0714. The van der Waals surface area contributed by atoms with Gasteiger partial charge in [0.05, 0.1) is 21.4 Å². The van der Waals surface area contributed by atoms with Gasteiger partial charge in [0.2, 0.25) is 5.91 Å². The highest BCUT2D eigenvalue weighted by Gasteiger charge is 2.16. The van der Waals surface area contributed by atoms with Gasteiger partial charge in [0, 0.05) is 0 Å². The van der Waals surface area contributed by atoms with Crippen molar-refractivity contribution in [2.75, 3.05) is 0 Å². The Bertz CT molecular complexity index is 826. The largest absolute Gasteiger partial charge is 0.277 e. The Hall–Kier alpha value is -1.67. The van der Waals surface area contributed by atoms with Crippen molar-refractivity contribution in [3.63, 3.8) is 0 Å². The van der Waals surface area contributed by atoms with Gasteiger partial charge in [-0.05, 0) is 35.9 Å². The molecule has 2 aromatic rings. The molecule has 0 unspecified atom stereocenters. The quantitative estimate of drug-likeness (QED) is 0.787. The summed E-state index contributed by atoms with van der Waals surface area (Å²) in [7, 11) is -3.98. The Morgan fingerprint density at radius 1 is 1.04 bits per heavy atom. The fourth-order valence-electron chi connectivity index (χ4n) is 1.66. The van der Waals surface area contributed by atoms with Crippen LogP contribution < -0.4 is 10.3 Å². The van der Waals surface area contributed by atoms with Gasteiger partial charge in [-0.2, -0.15) is 0 Å². The molecule has 0 fully saturated rings. The minimum atomic E-state index is -3.98. The minimum absolute atomic E-state index is 0.0761. The molecule has 9 heteroatoms. The van der Waals surface area contributed by atoms with Crippen LogP contribution in [0.3, 0.4) is 0 Å². The van der Waals surface area contributed by atoms with Crippen molar-refractivity contribution < 1.29 is 17.6 Å². The lowest BCUT2D eigenvalue weighted by atomic mass is 10.1. The number of sulfonamides is 1. The monoisotopic (exact) mass is 376 g/mol. The van der Waals surface area contributed by atoms with Crippen LogP contribution in [0.5, 0.6) is 0 Å². The molecule has 2 rings (SSSR count). The van der Waals surface area contributed by atoms with Crippen LogP contribution in [0.4, 0.5) is 4.39 Å². The zero-order valence-electron chi connectivity index (χ0n) is 11.5. The predicted molar refractivity (Wildman–Crippen MR) is 85.0 cm³/mol. The molecule has 0 aliphatic heterocycles. The number of carbonyl (C=O) groups is 1. The standard InChI is InChI=1S/C14H11Cl2FN2O3S/c15-12-6-5-11(8-13(12)16)23(21,22)19-18-14(20)7-9-1-3-10(17)4-2-9/h1-6,8,19H,7H2,(H,18,20). The third kappa shape index (κ3) is 4.90. The van der Waals surface area contributed by atoms with Gasteiger partial charge in [-0.15, -0.1) is 4.83 Å². The zero-order valence-corrected chi connectivity index (χ0v) is 13.8. The average molecular weight is 377 g/mol. The Labute approximate surface area is 142 Å². The van der Waals surface area contributed by atoms with Crippen molar-refractivity contribution in [2.45, 2.75) is 11.3 Å². The summed E-state index contributed by atoms with van der Waals surface area (Å²) in [4.78, 5) is 13.5. The number of rotatable bonds is 5. The van der Waals surface area contributed by atoms with Crippen LogP contribution in [-0.2, 0) is 21.2 Å². The second kappa shape index (κ2) is 7.27. The molecule has 0 aliphatic rings. The van der Waals surface area contributed by atoms with Gasteiger partial charge in [-0.1, -0.05) is 35.3 Å². The first kappa shape index (κ1) is 17.7. The highest BCUT2D eigenvalue weighted by molar-refractivity contribution is 7.89. The topological polar surface area (TPSA) is 75.3 Å². The van der Waals surface area contributed by atoms with Crippen LogP contribution in [0.1, 0.15) is 5.56 Å². The van der Waals surface area contributed by atoms with Crippen molar-refractivity contribution in [3.05, 3.63) is 63.9 Å². The molecule has 0 radical (unpaired) electrons. The Morgan fingerprint density at radius 3 is 2.30 bits per heavy atom. The fourth-order valence-corrected chi connectivity index (χ4v) is 2.91. The lowest BCUT2D eigenvalue weighted by molar-refractivity contribution is -0.120. The maximum atomic E-state index is 12.8. The van der Waals surface area contributed by atoms with Crippen LogP contribution in [0, 0.1) is 5.82 Å². The number of nitrogens with one attached hydrogen (secondary N) is 2. The SMILES string of the molecule is O=C(Cc1ccc(F)cc1)NNS(=O)(=O)c1ccc(Cl)c(Cl)c1. The van der Waals surface area contributed by atoms with Gasteiger partial charge < -0.3 is 0 Å². The lowest BCUT2D eigenvalue weighted by Gasteiger charge is -2.09. The molecule has 0 heterocycles. The Morgan fingerprint density at radius 2 is 1.70 bits per heavy atom. The van der Waals surface area contributed by atoms with Crippen molar-refractivity contribution in [2.24, 2.45) is 0 Å². The van der Waals surface area contributed by atoms with Gasteiger partial charge in [-0.3, -0.25) is 10.2 Å². The first-order valence-corrected chi connectivity index (χ1v) is 8.52. The second-order valence-corrected chi connectivity index (χ2v) is 7.03. The van der Waals surface area contributed by atoms with E-state index in [-0.39, 0.29) is 21.4 Å². The number of hydrazine groups is 1. The van der Waals surface area contributed by atoms with Crippen LogP contribution >= 0.6 is 23.2 Å². The van der Waals surface area contributed by atoms with E-state index >= 15 is 0 Å².